The fourth-order valence-electron chi connectivity index (χ4n) is 2.35. The molecule has 4 heteroatoms. The van der Waals surface area contributed by atoms with Crippen molar-refractivity contribution in [2.75, 3.05) is 29.9 Å². The molecule has 2 atom stereocenters. The summed E-state index contributed by atoms with van der Waals surface area (Å²) in [6.07, 6.45) is 3.03. The van der Waals surface area contributed by atoms with E-state index in [0.717, 1.165) is 31.9 Å². The molecule has 1 saturated heterocycles. The number of pyridine rings is 1. The molecule has 0 amide bonds. The normalized spacial score (nSPS) is 24.1. The minimum atomic E-state index is 0.703. The lowest BCUT2D eigenvalue weighted by atomic mass is 10.2. The average Bonchev–Trinajstić information content (AvgIpc) is 2.35. The maximum absolute atomic E-state index is 4.37. The molecule has 0 aliphatic carbocycles. The van der Waals surface area contributed by atoms with Crippen molar-refractivity contribution in [3.05, 3.63) is 18.3 Å². The number of hydrogen-bond donors (Lipinski definition) is 1. The Morgan fingerprint density at radius 2 is 2.11 bits per heavy atom. The summed E-state index contributed by atoms with van der Waals surface area (Å²) in [5, 5.41) is 4.76. The minimum absolute atomic E-state index is 0.703. The molecule has 0 aromatic carbocycles. The smallest absolute Gasteiger partial charge is 0.127 e. The summed E-state index contributed by atoms with van der Waals surface area (Å²) in [6.45, 7) is 10.0. The van der Waals surface area contributed by atoms with Gasteiger partial charge in [-0.1, -0.05) is 20.8 Å². The van der Waals surface area contributed by atoms with E-state index < -0.39 is 0 Å². The van der Waals surface area contributed by atoms with Gasteiger partial charge in [0.2, 0.25) is 0 Å². The van der Waals surface area contributed by atoms with Crippen LogP contribution in [0.3, 0.4) is 0 Å². The van der Waals surface area contributed by atoms with Gasteiger partial charge < -0.3 is 10.2 Å². The molecule has 2 unspecified atom stereocenters. The van der Waals surface area contributed by atoms with Crippen LogP contribution < -0.4 is 10.2 Å². The first-order chi connectivity index (χ1) is 8.69. The van der Waals surface area contributed by atoms with Gasteiger partial charge in [0.05, 0.1) is 0 Å². The number of hydrogen-bond acceptors (Lipinski definition) is 4. The first-order valence-corrected chi connectivity index (χ1v) is 7.73. The van der Waals surface area contributed by atoms with E-state index >= 15 is 0 Å². The third kappa shape index (κ3) is 3.55. The topological polar surface area (TPSA) is 28.2 Å². The van der Waals surface area contributed by atoms with Crippen LogP contribution in [0.4, 0.5) is 11.5 Å². The van der Waals surface area contributed by atoms with E-state index in [-0.39, 0.29) is 0 Å². The number of aromatic nitrogens is 1. The zero-order valence-electron chi connectivity index (χ0n) is 11.5. The molecule has 1 aromatic heterocycles. The second-order valence-corrected chi connectivity index (χ2v) is 6.87. The lowest BCUT2D eigenvalue weighted by molar-refractivity contribution is 0.728. The molecule has 18 heavy (non-hydrogen) atoms. The monoisotopic (exact) mass is 265 g/mol. The molecule has 2 rings (SSSR count). The highest BCUT2D eigenvalue weighted by atomic mass is 32.2. The van der Waals surface area contributed by atoms with Gasteiger partial charge in [-0.05, 0) is 12.5 Å². The molecule has 1 aromatic rings. The van der Waals surface area contributed by atoms with Crippen molar-refractivity contribution in [1.82, 2.24) is 4.98 Å². The number of nitrogens with zero attached hydrogens (tertiary/aromatic N) is 2. The van der Waals surface area contributed by atoms with E-state index in [0.29, 0.717) is 10.5 Å². The summed E-state index contributed by atoms with van der Waals surface area (Å²) in [6, 6.07) is 4.29. The molecule has 0 spiro atoms. The lowest BCUT2D eigenvalue weighted by Gasteiger charge is -2.36. The van der Waals surface area contributed by atoms with E-state index in [1.54, 1.807) is 0 Å². The zero-order chi connectivity index (χ0) is 13.0. The first kappa shape index (κ1) is 13.5. The summed E-state index contributed by atoms with van der Waals surface area (Å²) in [7, 11) is 0. The van der Waals surface area contributed by atoms with Crippen LogP contribution in [0.2, 0.25) is 0 Å². The number of nitrogens with one attached hydrogen (secondary N) is 1. The van der Waals surface area contributed by atoms with Gasteiger partial charge in [-0.25, -0.2) is 4.98 Å². The Morgan fingerprint density at radius 1 is 1.39 bits per heavy atom. The Morgan fingerprint density at radius 3 is 2.78 bits per heavy atom. The van der Waals surface area contributed by atoms with E-state index in [4.69, 9.17) is 0 Å². The van der Waals surface area contributed by atoms with Crippen LogP contribution in [-0.2, 0) is 0 Å². The van der Waals surface area contributed by atoms with Crippen molar-refractivity contribution in [3.8, 4) is 0 Å². The molecular weight excluding hydrogens is 242 g/mol. The van der Waals surface area contributed by atoms with Crippen molar-refractivity contribution >= 4 is 23.3 Å². The highest BCUT2D eigenvalue weighted by Gasteiger charge is 2.22. The third-order valence-corrected chi connectivity index (χ3v) is 4.31. The number of anilines is 2. The van der Waals surface area contributed by atoms with Gasteiger partial charge in [-0.3, -0.25) is 0 Å². The molecule has 1 aliphatic rings. The summed E-state index contributed by atoms with van der Waals surface area (Å²) in [5.74, 6) is 0.993. The SMILES string of the molecule is CCCNc1cc(N2CC(C)SC(C)C2)ccn1. The van der Waals surface area contributed by atoms with Gasteiger partial charge in [0.15, 0.2) is 0 Å². The lowest BCUT2D eigenvalue weighted by Crippen LogP contribution is -2.40. The van der Waals surface area contributed by atoms with Crippen molar-refractivity contribution in [1.29, 1.82) is 0 Å². The molecule has 100 valence electrons. The van der Waals surface area contributed by atoms with Crippen LogP contribution in [0.15, 0.2) is 18.3 Å². The van der Waals surface area contributed by atoms with Crippen molar-refractivity contribution in [2.45, 2.75) is 37.7 Å². The molecule has 1 N–H and O–H groups in total. The molecule has 0 saturated carbocycles. The van der Waals surface area contributed by atoms with E-state index in [1.165, 1.54) is 5.69 Å². The van der Waals surface area contributed by atoms with Crippen LogP contribution >= 0.6 is 11.8 Å². The zero-order valence-corrected chi connectivity index (χ0v) is 12.3. The second-order valence-electron chi connectivity index (χ2n) is 4.99. The van der Waals surface area contributed by atoms with Gasteiger partial charge in [-0.2, -0.15) is 11.8 Å². The Kier molecular flexibility index (Phi) is 4.75. The van der Waals surface area contributed by atoms with Gasteiger partial charge in [-0.15, -0.1) is 0 Å². The minimum Gasteiger partial charge on any atom is -0.370 e. The fraction of sp³-hybridized carbons (Fsp3) is 0.643. The van der Waals surface area contributed by atoms with E-state index in [1.807, 2.05) is 6.20 Å². The highest BCUT2D eigenvalue weighted by molar-refractivity contribution is 8.00. The molecule has 3 nitrogen and oxygen atoms in total. The van der Waals surface area contributed by atoms with Crippen LogP contribution in [0.5, 0.6) is 0 Å². The molecule has 0 bridgehead atoms. The Bertz CT molecular complexity index is 373. The maximum Gasteiger partial charge on any atom is 0.127 e. The number of thioether (sulfide) groups is 1. The highest BCUT2D eigenvalue weighted by Crippen LogP contribution is 2.29. The Labute approximate surface area is 114 Å². The second kappa shape index (κ2) is 6.32. The van der Waals surface area contributed by atoms with Crippen LogP contribution in [0.1, 0.15) is 27.2 Å². The van der Waals surface area contributed by atoms with Crippen molar-refractivity contribution in [2.24, 2.45) is 0 Å². The van der Waals surface area contributed by atoms with Crippen molar-refractivity contribution in [3.63, 3.8) is 0 Å². The summed E-state index contributed by atoms with van der Waals surface area (Å²) in [4.78, 5) is 6.84. The number of rotatable bonds is 4. The molecule has 2 heterocycles. The predicted octanol–water partition coefficient (Wildman–Crippen LogP) is 3.23. The Balaban J connectivity index is 2.07. The summed E-state index contributed by atoms with van der Waals surface area (Å²) < 4.78 is 0. The third-order valence-electron chi connectivity index (χ3n) is 3.08. The van der Waals surface area contributed by atoms with E-state index in [9.17, 15) is 0 Å². The van der Waals surface area contributed by atoms with Crippen molar-refractivity contribution < 1.29 is 0 Å². The Hall–Kier alpha value is -0.900. The largest absolute Gasteiger partial charge is 0.370 e. The summed E-state index contributed by atoms with van der Waals surface area (Å²) in [5.41, 5.74) is 1.29. The first-order valence-electron chi connectivity index (χ1n) is 6.79. The standard InChI is InChI=1S/C14H23N3S/c1-4-6-15-14-8-13(5-7-16-14)17-9-11(2)18-12(3)10-17/h5,7-8,11-12H,4,6,9-10H2,1-3H3,(H,15,16). The quantitative estimate of drug-likeness (QED) is 0.904. The van der Waals surface area contributed by atoms with Gasteiger partial charge in [0.1, 0.15) is 5.82 Å². The predicted molar refractivity (Wildman–Crippen MR) is 81.7 cm³/mol. The molecular formula is C14H23N3S. The average molecular weight is 265 g/mol. The van der Waals surface area contributed by atoms with E-state index in [2.05, 4.69) is 59.9 Å². The molecule has 1 aliphatic heterocycles. The fourth-order valence-corrected chi connectivity index (χ4v) is 3.68. The van der Waals surface area contributed by atoms with Crippen LogP contribution in [0, 0.1) is 0 Å². The van der Waals surface area contributed by atoms with Gasteiger partial charge >= 0.3 is 0 Å². The van der Waals surface area contributed by atoms with Gasteiger partial charge in [0, 0.05) is 48.1 Å². The summed E-state index contributed by atoms with van der Waals surface area (Å²) >= 11 is 2.08. The van der Waals surface area contributed by atoms with Crippen LogP contribution in [0.25, 0.3) is 0 Å². The maximum atomic E-state index is 4.37. The van der Waals surface area contributed by atoms with Gasteiger partial charge in [0.25, 0.3) is 0 Å². The molecule has 0 radical (unpaired) electrons. The van der Waals surface area contributed by atoms with Crippen LogP contribution in [-0.4, -0.2) is 35.1 Å². The molecule has 1 fully saturated rings.